The Labute approximate surface area is 111 Å². The molecule has 1 aliphatic heterocycles. The molecule has 0 aromatic rings. The van der Waals surface area contributed by atoms with Crippen molar-refractivity contribution in [2.75, 3.05) is 13.1 Å². The monoisotopic (exact) mass is 256 g/mol. The van der Waals surface area contributed by atoms with Crippen LogP contribution < -0.4 is 10.6 Å². The van der Waals surface area contributed by atoms with Crippen molar-refractivity contribution < 1.29 is 9.53 Å². The Morgan fingerprint density at radius 1 is 1.22 bits per heavy atom. The van der Waals surface area contributed by atoms with Gasteiger partial charge in [0.1, 0.15) is 5.60 Å². The van der Waals surface area contributed by atoms with Crippen molar-refractivity contribution in [1.29, 1.82) is 0 Å². The highest BCUT2D eigenvalue weighted by atomic mass is 16.6. The van der Waals surface area contributed by atoms with Crippen LogP contribution in [0.1, 0.15) is 48.0 Å². The largest absolute Gasteiger partial charge is 0.444 e. The zero-order chi connectivity index (χ0) is 14.0. The van der Waals surface area contributed by atoms with Crippen LogP contribution >= 0.6 is 0 Å². The van der Waals surface area contributed by atoms with E-state index >= 15 is 0 Å². The zero-order valence-electron chi connectivity index (χ0n) is 12.6. The molecule has 0 radical (unpaired) electrons. The lowest BCUT2D eigenvalue weighted by Crippen LogP contribution is -2.43. The molecule has 1 aliphatic rings. The number of alkyl carbamates (subject to hydrolysis) is 1. The fraction of sp³-hybridized carbons (Fsp3) is 0.929. The number of rotatable bonds is 2. The maximum absolute atomic E-state index is 11.8. The fourth-order valence-corrected chi connectivity index (χ4v) is 2.36. The van der Waals surface area contributed by atoms with E-state index in [0.717, 1.165) is 19.5 Å². The third-order valence-electron chi connectivity index (χ3n) is 2.92. The smallest absolute Gasteiger partial charge is 0.407 e. The Hall–Kier alpha value is -0.770. The lowest BCUT2D eigenvalue weighted by atomic mass is 9.82. The third kappa shape index (κ3) is 5.71. The van der Waals surface area contributed by atoms with Gasteiger partial charge < -0.3 is 15.4 Å². The van der Waals surface area contributed by atoms with Crippen LogP contribution in [0.4, 0.5) is 4.79 Å². The van der Waals surface area contributed by atoms with Crippen molar-refractivity contribution in [3.8, 4) is 0 Å². The Bertz CT molecular complexity index is 289. The Balaban J connectivity index is 2.48. The first-order valence-electron chi connectivity index (χ1n) is 6.77. The Kier molecular flexibility index (Phi) is 4.65. The molecule has 106 valence electrons. The topological polar surface area (TPSA) is 50.4 Å². The number of hydrogen-bond donors (Lipinski definition) is 2. The lowest BCUT2D eigenvalue weighted by molar-refractivity contribution is 0.0491. The minimum atomic E-state index is -0.435. The second-order valence-corrected chi connectivity index (χ2v) is 7.44. The predicted octanol–water partition coefficient (Wildman–Crippen LogP) is 2.54. The van der Waals surface area contributed by atoms with Gasteiger partial charge in [0.15, 0.2) is 0 Å². The van der Waals surface area contributed by atoms with Crippen LogP contribution in [0, 0.1) is 11.3 Å². The summed E-state index contributed by atoms with van der Waals surface area (Å²) in [7, 11) is 0. The highest BCUT2D eigenvalue weighted by Crippen LogP contribution is 2.28. The summed E-state index contributed by atoms with van der Waals surface area (Å²) in [4.78, 5) is 11.8. The molecule has 0 unspecified atom stereocenters. The van der Waals surface area contributed by atoms with Crippen LogP contribution in [0.2, 0.25) is 0 Å². The van der Waals surface area contributed by atoms with Gasteiger partial charge in [-0.25, -0.2) is 4.79 Å². The number of ether oxygens (including phenoxy) is 1. The van der Waals surface area contributed by atoms with Crippen LogP contribution in [-0.2, 0) is 4.74 Å². The van der Waals surface area contributed by atoms with E-state index in [2.05, 4.69) is 31.4 Å². The summed E-state index contributed by atoms with van der Waals surface area (Å²) in [6, 6.07) is 0.180. The molecule has 2 atom stereocenters. The van der Waals surface area contributed by atoms with Gasteiger partial charge in [0.25, 0.3) is 0 Å². The molecule has 1 rings (SSSR count). The Morgan fingerprint density at radius 3 is 2.33 bits per heavy atom. The predicted molar refractivity (Wildman–Crippen MR) is 73.6 cm³/mol. The molecule has 1 amide bonds. The van der Waals surface area contributed by atoms with Gasteiger partial charge in [-0.15, -0.1) is 0 Å². The van der Waals surface area contributed by atoms with E-state index in [1.165, 1.54) is 0 Å². The molecular weight excluding hydrogens is 228 g/mol. The average molecular weight is 256 g/mol. The molecule has 0 saturated carbocycles. The van der Waals surface area contributed by atoms with Crippen LogP contribution in [-0.4, -0.2) is 30.8 Å². The molecule has 2 N–H and O–H groups in total. The molecule has 1 heterocycles. The number of amides is 1. The van der Waals surface area contributed by atoms with Crippen LogP contribution in [0.25, 0.3) is 0 Å². The van der Waals surface area contributed by atoms with Gasteiger partial charge >= 0.3 is 6.09 Å². The molecule has 1 fully saturated rings. The second-order valence-electron chi connectivity index (χ2n) is 7.44. The first kappa shape index (κ1) is 15.3. The quantitative estimate of drug-likeness (QED) is 0.798. The number of hydrogen-bond acceptors (Lipinski definition) is 3. The average Bonchev–Trinajstić information content (AvgIpc) is 2.45. The summed E-state index contributed by atoms with van der Waals surface area (Å²) in [5, 5.41) is 6.33. The lowest BCUT2D eigenvalue weighted by Gasteiger charge is -2.28. The first-order chi connectivity index (χ1) is 8.07. The summed E-state index contributed by atoms with van der Waals surface area (Å²) >= 11 is 0. The molecule has 4 heteroatoms. The third-order valence-corrected chi connectivity index (χ3v) is 2.92. The van der Waals surface area contributed by atoms with Gasteiger partial charge in [0, 0.05) is 19.1 Å². The summed E-state index contributed by atoms with van der Waals surface area (Å²) in [5.74, 6) is 0.484. The minimum absolute atomic E-state index is 0.180. The summed E-state index contributed by atoms with van der Waals surface area (Å²) < 4.78 is 5.30. The van der Waals surface area contributed by atoms with E-state index in [4.69, 9.17) is 4.74 Å². The van der Waals surface area contributed by atoms with E-state index in [-0.39, 0.29) is 17.6 Å². The molecule has 1 saturated heterocycles. The Morgan fingerprint density at radius 2 is 1.83 bits per heavy atom. The van der Waals surface area contributed by atoms with Crippen molar-refractivity contribution in [1.82, 2.24) is 10.6 Å². The highest BCUT2D eigenvalue weighted by molar-refractivity contribution is 5.68. The molecule has 18 heavy (non-hydrogen) atoms. The highest BCUT2D eigenvalue weighted by Gasteiger charge is 2.32. The van der Waals surface area contributed by atoms with Gasteiger partial charge in [0.05, 0.1) is 0 Å². The van der Waals surface area contributed by atoms with Crippen molar-refractivity contribution in [2.45, 2.75) is 59.6 Å². The molecule has 0 bridgehead atoms. The SMILES string of the molecule is CC(C)(C)C[C@H]1CNC[C@@H]1NC(=O)OC(C)(C)C. The van der Waals surface area contributed by atoms with Crippen LogP contribution in [0.5, 0.6) is 0 Å². The van der Waals surface area contributed by atoms with E-state index < -0.39 is 5.60 Å². The van der Waals surface area contributed by atoms with Crippen molar-refractivity contribution in [3.05, 3.63) is 0 Å². The van der Waals surface area contributed by atoms with Gasteiger partial charge in [-0.3, -0.25) is 0 Å². The molecule has 4 nitrogen and oxygen atoms in total. The molecule has 0 aromatic heterocycles. The maximum atomic E-state index is 11.8. The molecule has 0 aliphatic carbocycles. The van der Waals surface area contributed by atoms with Gasteiger partial charge in [-0.05, 0) is 38.5 Å². The first-order valence-corrected chi connectivity index (χ1v) is 6.77. The van der Waals surface area contributed by atoms with E-state index in [1.54, 1.807) is 0 Å². The van der Waals surface area contributed by atoms with Crippen molar-refractivity contribution in [2.24, 2.45) is 11.3 Å². The van der Waals surface area contributed by atoms with E-state index in [0.29, 0.717) is 5.92 Å². The van der Waals surface area contributed by atoms with E-state index in [9.17, 15) is 4.79 Å². The summed E-state index contributed by atoms with van der Waals surface area (Å²) in [5.41, 5.74) is -0.153. The molecule has 0 aromatic carbocycles. The van der Waals surface area contributed by atoms with Gasteiger partial charge in [-0.1, -0.05) is 20.8 Å². The second kappa shape index (κ2) is 5.47. The number of nitrogens with one attached hydrogen (secondary N) is 2. The zero-order valence-corrected chi connectivity index (χ0v) is 12.6. The fourth-order valence-electron chi connectivity index (χ4n) is 2.36. The molecular formula is C14H28N2O2. The van der Waals surface area contributed by atoms with Gasteiger partial charge in [0.2, 0.25) is 0 Å². The van der Waals surface area contributed by atoms with Crippen LogP contribution in [0.15, 0.2) is 0 Å². The normalized spacial score (nSPS) is 25.0. The minimum Gasteiger partial charge on any atom is -0.444 e. The van der Waals surface area contributed by atoms with Crippen molar-refractivity contribution in [3.63, 3.8) is 0 Å². The molecule has 0 spiro atoms. The standard InChI is InChI=1S/C14H28N2O2/c1-13(2,3)7-10-8-15-9-11(10)16-12(17)18-14(4,5)6/h10-11,15H,7-9H2,1-6H3,(H,16,17)/t10-,11-/m0/s1. The summed E-state index contributed by atoms with van der Waals surface area (Å²) in [6.07, 6.45) is 0.788. The summed E-state index contributed by atoms with van der Waals surface area (Å²) in [6.45, 7) is 14.1. The van der Waals surface area contributed by atoms with Crippen molar-refractivity contribution >= 4 is 6.09 Å². The maximum Gasteiger partial charge on any atom is 0.407 e. The number of carbonyl (C=O) groups excluding carboxylic acids is 1. The van der Waals surface area contributed by atoms with Crippen LogP contribution in [0.3, 0.4) is 0 Å². The van der Waals surface area contributed by atoms with Gasteiger partial charge in [-0.2, -0.15) is 0 Å². The van der Waals surface area contributed by atoms with E-state index in [1.807, 2.05) is 20.8 Å². The number of carbonyl (C=O) groups is 1.